The predicted octanol–water partition coefficient (Wildman–Crippen LogP) is 6.09. The second kappa shape index (κ2) is 9.90. The zero-order valence-corrected chi connectivity index (χ0v) is 20.0. The maximum absolute atomic E-state index is 13.6. The summed E-state index contributed by atoms with van der Waals surface area (Å²) in [5.74, 6) is -1.55. The molecule has 4 rings (SSSR count). The molecule has 1 amide bonds. The van der Waals surface area contributed by atoms with Crippen LogP contribution < -0.4 is 0 Å². The van der Waals surface area contributed by atoms with Crippen LogP contribution in [0.1, 0.15) is 60.5 Å². The van der Waals surface area contributed by atoms with Crippen LogP contribution in [0.4, 0.5) is 30.7 Å². The van der Waals surface area contributed by atoms with Crippen LogP contribution in [0.3, 0.4) is 0 Å². The lowest BCUT2D eigenvalue weighted by Gasteiger charge is -2.33. The first kappa shape index (κ1) is 27.4. The van der Waals surface area contributed by atoms with Gasteiger partial charge in [-0.1, -0.05) is 12.1 Å². The highest BCUT2D eigenvalue weighted by molar-refractivity contribution is 5.83. The molecule has 1 saturated heterocycles. The van der Waals surface area contributed by atoms with Crippen LogP contribution in [0.15, 0.2) is 42.5 Å². The van der Waals surface area contributed by atoms with Crippen molar-refractivity contribution < 1.29 is 45.4 Å². The summed E-state index contributed by atoms with van der Waals surface area (Å²) in [4.78, 5) is 13.7. The summed E-state index contributed by atoms with van der Waals surface area (Å²) in [6, 6.07) is 6.64. The third-order valence-electron chi connectivity index (χ3n) is 7.45. The number of aliphatic hydroxyl groups is 1. The summed E-state index contributed by atoms with van der Waals surface area (Å²) in [7, 11) is 1.57. The Morgan fingerprint density at radius 2 is 1.54 bits per heavy atom. The van der Waals surface area contributed by atoms with Crippen molar-refractivity contribution in [2.45, 2.75) is 68.8 Å². The molecule has 1 N–H and O–H groups in total. The highest BCUT2D eigenvalue weighted by atomic mass is 19.4. The Morgan fingerprint density at radius 1 is 0.973 bits per heavy atom. The normalized spacial score (nSPS) is 27.7. The Hall–Kier alpha value is -2.66. The average molecular weight is 533 g/mol. The molecule has 1 saturated carbocycles. The molecule has 37 heavy (non-hydrogen) atoms. The second-order valence-corrected chi connectivity index (χ2v) is 9.74. The Bertz CT molecular complexity index is 1100. The number of likely N-dealkylation sites (N-methyl/N-ethyl adjacent to an activating group) is 1. The maximum atomic E-state index is 13.6. The minimum Gasteiger partial charge on any atom is -0.383 e. The SMILES string of the molecule is C[C@@H](O[C@H]1CC[C@@H]([C@H]2C[C@@H](O)C(=O)N2C)[C@@H]1c1ccc(F)cc1)c1cc(C(F)(F)F)cc(C(F)(F)F)c1. The number of carbonyl (C=O) groups is 1. The zero-order chi connectivity index (χ0) is 27.3. The van der Waals surface area contributed by atoms with E-state index >= 15 is 0 Å². The number of rotatable bonds is 5. The molecule has 1 aliphatic carbocycles. The summed E-state index contributed by atoms with van der Waals surface area (Å²) in [6.45, 7) is 1.39. The van der Waals surface area contributed by atoms with Crippen LogP contribution in [0.5, 0.6) is 0 Å². The standard InChI is InChI=1S/C26H26F7NO3/c1-13(15-9-16(25(28,29)30)11-17(10-15)26(31,32)33)37-22-8-7-19(20-12-21(35)24(36)34(20)2)23(22)14-3-5-18(27)6-4-14/h3-6,9-11,13,19-23,35H,7-8,12H2,1-2H3/t13-,19+,20-,21-,22+,23+/m1/s1. The minimum atomic E-state index is -4.98. The van der Waals surface area contributed by atoms with Gasteiger partial charge in [-0.05, 0) is 67.1 Å². The first-order chi connectivity index (χ1) is 17.2. The molecule has 1 aliphatic heterocycles. The van der Waals surface area contributed by atoms with E-state index in [9.17, 15) is 40.6 Å². The van der Waals surface area contributed by atoms with Crippen molar-refractivity contribution in [2.24, 2.45) is 5.92 Å². The summed E-state index contributed by atoms with van der Waals surface area (Å²) in [5, 5.41) is 10.1. The van der Waals surface area contributed by atoms with Gasteiger partial charge < -0.3 is 14.7 Å². The van der Waals surface area contributed by atoms with E-state index in [0.717, 1.165) is 0 Å². The van der Waals surface area contributed by atoms with Gasteiger partial charge in [0.2, 0.25) is 0 Å². The van der Waals surface area contributed by atoms with Gasteiger partial charge in [0.05, 0.1) is 23.3 Å². The Balaban J connectivity index is 1.66. The number of benzene rings is 2. The summed E-state index contributed by atoms with van der Waals surface area (Å²) in [5.41, 5.74) is -2.45. The summed E-state index contributed by atoms with van der Waals surface area (Å²) in [6.07, 6.45) is -11.7. The number of hydrogen-bond donors (Lipinski definition) is 1. The van der Waals surface area contributed by atoms with Crippen molar-refractivity contribution in [1.82, 2.24) is 4.90 Å². The smallest absolute Gasteiger partial charge is 0.383 e. The number of amides is 1. The number of hydrogen-bond acceptors (Lipinski definition) is 3. The molecule has 2 aromatic rings. The number of ether oxygens (including phenoxy) is 1. The highest BCUT2D eigenvalue weighted by Gasteiger charge is 2.49. The van der Waals surface area contributed by atoms with Gasteiger partial charge in [0.15, 0.2) is 0 Å². The predicted molar refractivity (Wildman–Crippen MR) is 119 cm³/mol. The number of carbonyl (C=O) groups excluding carboxylic acids is 1. The van der Waals surface area contributed by atoms with Crippen LogP contribution in [-0.4, -0.2) is 41.2 Å². The summed E-state index contributed by atoms with van der Waals surface area (Å²) < 4.78 is 99.9. The summed E-state index contributed by atoms with van der Waals surface area (Å²) >= 11 is 0. The molecule has 2 fully saturated rings. The topological polar surface area (TPSA) is 49.8 Å². The molecule has 0 radical (unpaired) electrons. The van der Waals surface area contributed by atoms with Crippen molar-refractivity contribution in [3.05, 3.63) is 70.5 Å². The fourth-order valence-electron chi connectivity index (χ4n) is 5.63. The molecular weight excluding hydrogens is 507 g/mol. The first-order valence-corrected chi connectivity index (χ1v) is 11.8. The van der Waals surface area contributed by atoms with Gasteiger partial charge in [-0.25, -0.2) is 4.39 Å². The third-order valence-corrected chi connectivity index (χ3v) is 7.45. The molecule has 0 bridgehead atoms. The van der Waals surface area contributed by atoms with Crippen molar-refractivity contribution in [3.8, 4) is 0 Å². The molecule has 4 nitrogen and oxygen atoms in total. The minimum absolute atomic E-state index is 0.0708. The van der Waals surface area contributed by atoms with Crippen LogP contribution in [0, 0.1) is 11.7 Å². The molecule has 0 aromatic heterocycles. The van der Waals surface area contributed by atoms with Gasteiger partial charge in [0.25, 0.3) is 5.91 Å². The number of nitrogens with zero attached hydrogens (tertiary/aromatic N) is 1. The second-order valence-electron chi connectivity index (χ2n) is 9.74. The number of aliphatic hydroxyl groups excluding tert-OH is 1. The van der Waals surface area contributed by atoms with Crippen LogP contribution >= 0.6 is 0 Å². The molecule has 2 aliphatic rings. The number of alkyl halides is 6. The molecule has 0 unspecified atom stereocenters. The van der Waals surface area contributed by atoms with Gasteiger partial charge in [0, 0.05) is 25.4 Å². The zero-order valence-electron chi connectivity index (χ0n) is 20.0. The fourth-order valence-corrected chi connectivity index (χ4v) is 5.63. The lowest BCUT2D eigenvalue weighted by molar-refractivity contribution is -0.143. The van der Waals surface area contributed by atoms with Gasteiger partial charge in [-0.15, -0.1) is 0 Å². The van der Waals surface area contributed by atoms with E-state index in [2.05, 4.69) is 0 Å². The van der Waals surface area contributed by atoms with Gasteiger partial charge in [-0.3, -0.25) is 4.79 Å². The molecular formula is C26H26F7NO3. The largest absolute Gasteiger partial charge is 0.416 e. The van der Waals surface area contributed by atoms with Crippen LogP contribution in [-0.2, 0) is 21.9 Å². The van der Waals surface area contributed by atoms with Crippen molar-refractivity contribution in [3.63, 3.8) is 0 Å². The van der Waals surface area contributed by atoms with E-state index in [1.165, 1.54) is 24.0 Å². The monoisotopic (exact) mass is 533 g/mol. The van der Waals surface area contributed by atoms with Gasteiger partial charge in [-0.2, -0.15) is 26.3 Å². The Labute approximate surface area is 209 Å². The van der Waals surface area contributed by atoms with Gasteiger partial charge >= 0.3 is 12.4 Å². The first-order valence-electron chi connectivity index (χ1n) is 11.8. The van der Waals surface area contributed by atoms with Crippen molar-refractivity contribution >= 4 is 5.91 Å². The van der Waals surface area contributed by atoms with E-state index in [0.29, 0.717) is 30.5 Å². The molecule has 2 aromatic carbocycles. The molecule has 202 valence electrons. The number of likely N-dealkylation sites (tertiary alicyclic amines) is 1. The molecule has 0 spiro atoms. The average Bonchev–Trinajstić information content (AvgIpc) is 3.34. The van der Waals surface area contributed by atoms with Crippen LogP contribution in [0.25, 0.3) is 0 Å². The van der Waals surface area contributed by atoms with Crippen molar-refractivity contribution in [1.29, 1.82) is 0 Å². The molecule has 1 heterocycles. The van der Waals surface area contributed by atoms with E-state index in [-0.39, 0.29) is 30.0 Å². The molecule has 11 heteroatoms. The van der Waals surface area contributed by atoms with E-state index in [1.54, 1.807) is 19.2 Å². The lowest BCUT2D eigenvalue weighted by atomic mass is 9.82. The Morgan fingerprint density at radius 3 is 2.03 bits per heavy atom. The van der Waals surface area contributed by atoms with E-state index < -0.39 is 59.4 Å². The van der Waals surface area contributed by atoms with E-state index in [1.807, 2.05) is 0 Å². The quantitative estimate of drug-likeness (QED) is 0.473. The number of halogens is 7. The fraction of sp³-hybridized carbons (Fsp3) is 0.500. The lowest BCUT2D eigenvalue weighted by Crippen LogP contribution is -2.38. The highest BCUT2D eigenvalue weighted by Crippen LogP contribution is 2.48. The molecule has 6 atom stereocenters. The Kier molecular flexibility index (Phi) is 7.33. The van der Waals surface area contributed by atoms with E-state index in [4.69, 9.17) is 4.74 Å². The van der Waals surface area contributed by atoms with Crippen LogP contribution in [0.2, 0.25) is 0 Å². The maximum Gasteiger partial charge on any atom is 0.416 e. The van der Waals surface area contributed by atoms with Crippen molar-refractivity contribution in [2.75, 3.05) is 7.05 Å². The van der Waals surface area contributed by atoms with Gasteiger partial charge in [0.1, 0.15) is 11.9 Å². The third kappa shape index (κ3) is 5.62.